The standard InChI is InChI=1S/C26H21F5N4O7S/c1-43(38,39)11-20(36)32-22-21-17(34-35(22)14-2-5-18-19(9-14)42-26(30,31)41-18)10-24(33-23(21)37)7-6-13-8-15(3-4-16(13)24)40-12-25(27,28)29/h2-5,8-9H,6-7,10-12H2,1H3,(H,32,36)(H,33,37)/t24-/m0/s1. The van der Waals surface area contributed by atoms with Crippen LogP contribution in [0.3, 0.4) is 0 Å². The Hall–Kier alpha value is -4.41. The van der Waals surface area contributed by atoms with Crippen molar-refractivity contribution in [3.05, 3.63) is 58.8 Å². The number of alkyl halides is 5. The lowest BCUT2D eigenvalue weighted by molar-refractivity contribution is -0.286. The van der Waals surface area contributed by atoms with E-state index in [2.05, 4.69) is 25.2 Å². The Morgan fingerprint density at radius 3 is 2.63 bits per heavy atom. The lowest BCUT2D eigenvalue weighted by Crippen LogP contribution is -2.49. The monoisotopic (exact) mass is 628 g/mol. The Balaban J connectivity index is 1.38. The largest absolute Gasteiger partial charge is 0.586 e. The maximum absolute atomic E-state index is 13.6. The number of hydrogen-bond donors (Lipinski definition) is 2. The topological polar surface area (TPSA) is 138 Å². The van der Waals surface area contributed by atoms with E-state index >= 15 is 0 Å². The molecule has 0 fully saturated rings. The van der Waals surface area contributed by atoms with Gasteiger partial charge in [0.25, 0.3) is 5.91 Å². The fraction of sp³-hybridized carbons (Fsp3) is 0.346. The van der Waals surface area contributed by atoms with Gasteiger partial charge in [-0.05, 0) is 48.2 Å². The van der Waals surface area contributed by atoms with Gasteiger partial charge in [0.15, 0.2) is 27.9 Å². The van der Waals surface area contributed by atoms with Crippen molar-refractivity contribution in [1.82, 2.24) is 15.1 Å². The number of sulfone groups is 1. The van der Waals surface area contributed by atoms with Crippen LogP contribution in [-0.4, -0.2) is 61.1 Å². The number of carbonyl (C=O) groups excluding carboxylic acids is 2. The smallest absolute Gasteiger partial charge is 0.484 e. The van der Waals surface area contributed by atoms with Gasteiger partial charge in [-0.15, -0.1) is 8.78 Å². The molecule has 3 heterocycles. The molecule has 1 aromatic heterocycles. The van der Waals surface area contributed by atoms with Gasteiger partial charge in [-0.25, -0.2) is 13.1 Å². The second-order valence-electron chi connectivity index (χ2n) is 10.4. The SMILES string of the molecule is CS(=O)(=O)CC(=O)Nc1c2c(nn1-c1ccc3c(c1)OC(F)(F)O3)C[C@]1(CCc3cc(OCC(F)(F)F)ccc31)NC2=O. The average molecular weight is 629 g/mol. The van der Waals surface area contributed by atoms with E-state index in [0.29, 0.717) is 24.0 Å². The molecule has 0 unspecified atom stereocenters. The normalized spacial score (nSPS) is 20.0. The van der Waals surface area contributed by atoms with E-state index in [4.69, 9.17) is 4.74 Å². The van der Waals surface area contributed by atoms with Crippen LogP contribution in [0.1, 0.15) is 33.6 Å². The minimum absolute atomic E-state index is 0.0180. The van der Waals surface area contributed by atoms with Crippen molar-refractivity contribution in [3.63, 3.8) is 0 Å². The van der Waals surface area contributed by atoms with E-state index in [0.717, 1.165) is 17.0 Å². The average Bonchev–Trinajstić information content (AvgIpc) is 3.51. The molecule has 1 aliphatic carbocycles. The molecular formula is C26H21F5N4O7S. The molecule has 6 rings (SSSR count). The van der Waals surface area contributed by atoms with Gasteiger partial charge >= 0.3 is 12.5 Å². The number of halogens is 5. The summed E-state index contributed by atoms with van der Waals surface area (Å²) in [5, 5.41) is 9.85. The van der Waals surface area contributed by atoms with Crippen molar-refractivity contribution in [2.75, 3.05) is 23.9 Å². The number of carbonyl (C=O) groups is 2. The molecule has 2 N–H and O–H groups in total. The summed E-state index contributed by atoms with van der Waals surface area (Å²) in [4.78, 5) is 26.3. The third-order valence-corrected chi connectivity index (χ3v) is 7.89. The number of ether oxygens (including phenoxy) is 3. The fourth-order valence-electron chi connectivity index (χ4n) is 5.51. The molecule has 1 atom stereocenters. The van der Waals surface area contributed by atoms with E-state index < -0.39 is 52.0 Å². The molecular weight excluding hydrogens is 607 g/mol. The maximum atomic E-state index is 13.6. The van der Waals surface area contributed by atoms with Gasteiger partial charge in [-0.1, -0.05) is 6.07 Å². The van der Waals surface area contributed by atoms with Gasteiger partial charge in [-0.2, -0.15) is 18.3 Å². The molecule has 0 radical (unpaired) electrons. The van der Waals surface area contributed by atoms with Crippen molar-refractivity contribution in [2.24, 2.45) is 0 Å². The van der Waals surface area contributed by atoms with Crippen LogP contribution in [0.5, 0.6) is 17.2 Å². The first kappa shape index (κ1) is 28.7. The van der Waals surface area contributed by atoms with E-state index in [1.54, 1.807) is 6.07 Å². The third kappa shape index (κ3) is 5.55. The van der Waals surface area contributed by atoms with Crippen molar-refractivity contribution < 1.29 is 54.2 Å². The van der Waals surface area contributed by atoms with E-state index in [-0.39, 0.29) is 46.4 Å². The quantitative estimate of drug-likeness (QED) is 0.397. The Bertz CT molecular complexity index is 1790. The highest BCUT2D eigenvalue weighted by Crippen LogP contribution is 2.46. The van der Waals surface area contributed by atoms with Crippen LogP contribution < -0.4 is 24.8 Å². The van der Waals surface area contributed by atoms with Crippen LogP contribution in [0.15, 0.2) is 36.4 Å². The molecule has 2 aromatic carbocycles. The summed E-state index contributed by atoms with van der Waals surface area (Å²) in [5.41, 5.74) is 0.533. The zero-order valence-electron chi connectivity index (χ0n) is 22.0. The number of amides is 2. The Kier molecular flexibility index (Phi) is 6.37. The molecule has 2 aliphatic heterocycles. The van der Waals surface area contributed by atoms with Crippen LogP contribution in [0.2, 0.25) is 0 Å². The van der Waals surface area contributed by atoms with E-state index in [9.17, 15) is 40.0 Å². The van der Waals surface area contributed by atoms with Gasteiger partial charge in [0.1, 0.15) is 22.9 Å². The molecule has 1 spiro atoms. The molecule has 43 heavy (non-hydrogen) atoms. The number of hydrogen-bond acceptors (Lipinski definition) is 8. The molecule has 0 saturated carbocycles. The van der Waals surface area contributed by atoms with Gasteiger partial charge in [0.05, 0.1) is 16.9 Å². The summed E-state index contributed by atoms with van der Waals surface area (Å²) >= 11 is 0. The number of aromatic nitrogens is 2. The minimum Gasteiger partial charge on any atom is -0.484 e. The molecule has 3 aromatic rings. The fourth-order valence-corrected chi connectivity index (χ4v) is 6.06. The first-order valence-corrected chi connectivity index (χ1v) is 14.7. The van der Waals surface area contributed by atoms with E-state index in [1.165, 1.54) is 24.3 Å². The Morgan fingerprint density at radius 1 is 1.16 bits per heavy atom. The highest BCUT2D eigenvalue weighted by Gasteiger charge is 2.47. The van der Waals surface area contributed by atoms with Gasteiger partial charge in [0.2, 0.25) is 5.91 Å². The number of fused-ring (bicyclic) bond motifs is 4. The lowest BCUT2D eigenvalue weighted by atomic mass is 9.82. The van der Waals surface area contributed by atoms with Crippen molar-refractivity contribution >= 4 is 27.5 Å². The van der Waals surface area contributed by atoms with Gasteiger partial charge in [0, 0.05) is 18.7 Å². The Labute approximate surface area is 239 Å². The number of benzene rings is 2. The first-order chi connectivity index (χ1) is 20.0. The van der Waals surface area contributed by atoms with Crippen LogP contribution >= 0.6 is 0 Å². The van der Waals surface area contributed by atoms with Crippen LogP contribution in [-0.2, 0) is 33.0 Å². The highest BCUT2D eigenvalue weighted by molar-refractivity contribution is 7.91. The summed E-state index contributed by atoms with van der Waals surface area (Å²) in [5.74, 6) is -3.31. The molecule has 11 nitrogen and oxygen atoms in total. The highest BCUT2D eigenvalue weighted by atomic mass is 32.2. The number of nitrogens with zero attached hydrogens (tertiary/aromatic N) is 2. The summed E-state index contributed by atoms with van der Waals surface area (Å²) in [6, 6.07) is 8.09. The van der Waals surface area contributed by atoms with E-state index in [1.807, 2.05) is 0 Å². The van der Waals surface area contributed by atoms with Crippen molar-refractivity contribution in [1.29, 1.82) is 0 Å². The lowest BCUT2D eigenvalue weighted by Gasteiger charge is -2.35. The molecule has 228 valence electrons. The number of aryl methyl sites for hydroxylation is 1. The van der Waals surface area contributed by atoms with Crippen molar-refractivity contribution in [3.8, 4) is 22.9 Å². The minimum atomic E-state index is -4.51. The molecule has 0 bridgehead atoms. The molecule has 0 saturated heterocycles. The second-order valence-corrected chi connectivity index (χ2v) is 12.6. The van der Waals surface area contributed by atoms with Crippen LogP contribution in [0.4, 0.5) is 27.8 Å². The summed E-state index contributed by atoms with van der Waals surface area (Å²) in [7, 11) is -3.76. The molecule has 17 heteroatoms. The first-order valence-electron chi connectivity index (χ1n) is 12.7. The number of rotatable bonds is 6. The molecule has 3 aliphatic rings. The number of anilines is 1. The van der Waals surface area contributed by atoms with Crippen LogP contribution in [0, 0.1) is 0 Å². The summed E-state index contributed by atoms with van der Waals surface area (Å²) in [6.45, 7) is -1.46. The van der Waals surface area contributed by atoms with Crippen LogP contribution in [0.25, 0.3) is 5.69 Å². The Morgan fingerprint density at radius 2 is 1.91 bits per heavy atom. The predicted molar refractivity (Wildman–Crippen MR) is 137 cm³/mol. The second kappa shape index (κ2) is 9.55. The van der Waals surface area contributed by atoms with Crippen molar-refractivity contribution in [2.45, 2.75) is 37.3 Å². The number of nitrogens with one attached hydrogen (secondary N) is 2. The third-order valence-electron chi connectivity index (χ3n) is 7.10. The van der Waals surface area contributed by atoms with Gasteiger partial charge in [-0.3, -0.25) is 9.59 Å². The summed E-state index contributed by atoms with van der Waals surface area (Å²) < 4.78 is 103. The van der Waals surface area contributed by atoms with Gasteiger partial charge < -0.3 is 24.8 Å². The molecule has 2 amide bonds. The summed E-state index contributed by atoms with van der Waals surface area (Å²) in [6.07, 6.45) is -6.70. The maximum Gasteiger partial charge on any atom is 0.586 e. The zero-order valence-corrected chi connectivity index (χ0v) is 22.9. The zero-order chi connectivity index (χ0) is 30.9. The predicted octanol–water partition coefficient (Wildman–Crippen LogP) is 3.25.